The Kier molecular flexibility index (Phi) is 6.25. The third-order valence-corrected chi connectivity index (χ3v) is 8.04. The van der Waals surface area contributed by atoms with Crippen LogP contribution in [0.4, 0.5) is 4.39 Å². The van der Waals surface area contributed by atoms with Gasteiger partial charge in [0, 0.05) is 35.7 Å². The van der Waals surface area contributed by atoms with Crippen molar-refractivity contribution >= 4 is 56.0 Å². The van der Waals surface area contributed by atoms with Crippen LogP contribution >= 0.6 is 46.1 Å². The highest BCUT2D eigenvalue weighted by atomic mass is 35.5. The lowest BCUT2D eigenvalue weighted by atomic mass is 9.93. The molecule has 2 aromatic carbocycles. The molecule has 158 valence electrons. The minimum Gasteiger partial charge on any atom is -0.455 e. The summed E-state index contributed by atoms with van der Waals surface area (Å²) in [5.41, 5.74) is 0.870. The number of ether oxygens (including phenoxy) is 1. The van der Waals surface area contributed by atoms with Crippen molar-refractivity contribution in [2.24, 2.45) is 0 Å². The SMILES string of the molecule is O=S(=O)(Cc1ncc(Cl)s1)c1cc(Cl)c(Oc2ccc(Cl)cc2C2CNC2)cc1F. The number of halogens is 4. The van der Waals surface area contributed by atoms with Gasteiger partial charge >= 0.3 is 0 Å². The number of nitrogens with one attached hydrogen (secondary N) is 1. The van der Waals surface area contributed by atoms with Crippen molar-refractivity contribution < 1.29 is 17.5 Å². The molecular formula is C19H14Cl3FN2O3S2. The second-order valence-corrected chi connectivity index (χ2v) is 11.2. The zero-order chi connectivity index (χ0) is 21.5. The van der Waals surface area contributed by atoms with Crippen LogP contribution in [0.3, 0.4) is 0 Å². The number of hydrogen-bond donors (Lipinski definition) is 1. The Morgan fingerprint density at radius 1 is 1.17 bits per heavy atom. The molecule has 1 fully saturated rings. The summed E-state index contributed by atoms with van der Waals surface area (Å²) in [6.07, 6.45) is 1.35. The largest absolute Gasteiger partial charge is 0.455 e. The summed E-state index contributed by atoms with van der Waals surface area (Å²) in [6, 6.07) is 7.17. The van der Waals surface area contributed by atoms with Crippen LogP contribution in [0, 0.1) is 5.82 Å². The van der Waals surface area contributed by atoms with E-state index in [1.165, 1.54) is 6.20 Å². The molecular weight excluding hydrogens is 494 g/mol. The van der Waals surface area contributed by atoms with Gasteiger partial charge in [-0.1, -0.05) is 34.8 Å². The molecule has 1 N–H and O–H groups in total. The summed E-state index contributed by atoms with van der Waals surface area (Å²) < 4.78 is 46.2. The van der Waals surface area contributed by atoms with E-state index in [1.54, 1.807) is 18.2 Å². The minimum absolute atomic E-state index is 0.0151. The van der Waals surface area contributed by atoms with Crippen molar-refractivity contribution in [1.29, 1.82) is 0 Å². The van der Waals surface area contributed by atoms with Gasteiger partial charge in [-0.05, 0) is 24.3 Å². The van der Waals surface area contributed by atoms with Gasteiger partial charge in [0.25, 0.3) is 0 Å². The summed E-state index contributed by atoms with van der Waals surface area (Å²) in [5.74, 6) is -0.722. The van der Waals surface area contributed by atoms with E-state index in [1.807, 2.05) is 0 Å². The van der Waals surface area contributed by atoms with E-state index >= 15 is 0 Å². The number of aromatic nitrogens is 1. The number of thiazole rings is 1. The molecule has 3 aromatic rings. The van der Waals surface area contributed by atoms with E-state index in [-0.39, 0.29) is 21.7 Å². The molecule has 1 aliphatic rings. The van der Waals surface area contributed by atoms with E-state index in [0.717, 1.165) is 42.1 Å². The topological polar surface area (TPSA) is 68.3 Å². The van der Waals surface area contributed by atoms with Crippen LogP contribution in [0.15, 0.2) is 41.4 Å². The molecule has 1 saturated heterocycles. The second-order valence-electron chi connectivity index (χ2n) is 6.67. The van der Waals surface area contributed by atoms with Gasteiger partial charge in [0.1, 0.15) is 37.3 Å². The van der Waals surface area contributed by atoms with Crippen molar-refractivity contribution in [3.8, 4) is 11.5 Å². The standard InChI is InChI=1S/C19H14Cl3FN2O3S2/c20-11-1-2-15(12(3-11)10-6-24-7-10)28-16-5-14(23)17(4-13(16)21)30(26,27)9-19-25-8-18(22)29-19/h1-5,8,10,24H,6-7,9H2. The molecule has 0 bridgehead atoms. The number of benzene rings is 2. The van der Waals surface area contributed by atoms with Gasteiger partial charge in [0.15, 0.2) is 9.84 Å². The highest BCUT2D eigenvalue weighted by Gasteiger charge is 2.26. The fourth-order valence-corrected chi connectivity index (χ4v) is 6.09. The number of rotatable bonds is 6. The molecule has 0 radical (unpaired) electrons. The van der Waals surface area contributed by atoms with Gasteiger partial charge in [-0.15, -0.1) is 11.3 Å². The van der Waals surface area contributed by atoms with E-state index in [4.69, 9.17) is 39.5 Å². The zero-order valence-electron chi connectivity index (χ0n) is 15.2. The van der Waals surface area contributed by atoms with E-state index in [9.17, 15) is 12.8 Å². The molecule has 11 heteroatoms. The zero-order valence-corrected chi connectivity index (χ0v) is 19.1. The average Bonchev–Trinajstić information content (AvgIpc) is 3.02. The third kappa shape index (κ3) is 4.59. The Morgan fingerprint density at radius 3 is 2.57 bits per heavy atom. The van der Waals surface area contributed by atoms with Crippen molar-refractivity contribution in [1.82, 2.24) is 10.3 Å². The van der Waals surface area contributed by atoms with Crippen LogP contribution in [-0.4, -0.2) is 26.5 Å². The summed E-state index contributed by atoms with van der Waals surface area (Å²) >= 11 is 19.1. The Hall–Kier alpha value is -1.42. The Labute approximate surface area is 191 Å². The quantitative estimate of drug-likeness (QED) is 0.464. The normalized spacial score (nSPS) is 14.5. The van der Waals surface area contributed by atoms with E-state index in [2.05, 4.69) is 10.3 Å². The van der Waals surface area contributed by atoms with Gasteiger partial charge in [0.05, 0.1) is 11.2 Å². The first-order chi connectivity index (χ1) is 14.2. The molecule has 1 aromatic heterocycles. The third-order valence-electron chi connectivity index (χ3n) is 4.57. The summed E-state index contributed by atoms with van der Waals surface area (Å²) in [6.45, 7) is 1.55. The Bertz CT molecular complexity index is 1210. The lowest BCUT2D eigenvalue weighted by Gasteiger charge is -2.29. The smallest absolute Gasteiger partial charge is 0.187 e. The van der Waals surface area contributed by atoms with Crippen LogP contribution < -0.4 is 10.1 Å². The maximum Gasteiger partial charge on any atom is 0.187 e. The first-order valence-corrected chi connectivity index (χ1v) is 12.3. The molecule has 2 heterocycles. The minimum atomic E-state index is -4.02. The number of hydrogen-bond acceptors (Lipinski definition) is 6. The van der Waals surface area contributed by atoms with Crippen molar-refractivity contribution in [3.63, 3.8) is 0 Å². The first-order valence-electron chi connectivity index (χ1n) is 8.73. The van der Waals surface area contributed by atoms with Crippen molar-refractivity contribution in [3.05, 3.63) is 67.3 Å². The summed E-state index contributed by atoms with van der Waals surface area (Å²) in [4.78, 5) is 3.39. The molecule has 0 amide bonds. The van der Waals surface area contributed by atoms with Crippen LogP contribution in [0.2, 0.25) is 14.4 Å². The highest BCUT2D eigenvalue weighted by molar-refractivity contribution is 7.90. The monoisotopic (exact) mass is 506 g/mol. The number of nitrogens with zero attached hydrogens (tertiary/aromatic N) is 1. The molecule has 0 saturated carbocycles. The van der Waals surface area contributed by atoms with Gasteiger partial charge < -0.3 is 10.1 Å². The maximum atomic E-state index is 14.7. The number of sulfone groups is 1. The van der Waals surface area contributed by atoms with Gasteiger partial charge in [0.2, 0.25) is 0 Å². The lowest BCUT2D eigenvalue weighted by Crippen LogP contribution is -2.40. The molecule has 4 rings (SSSR count). The van der Waals surface area contributed by atoms with Crippen LogP contribution in [0.1, 0.15) is 16.5 Å². The lowest BCUT2D eigenvalue weighted by molar-refractivity contribution is 0.417. The molecule has 0 atom stereocenters. The Balaban J connectivity index is 1.64. The van der Waals surface area contributed by atoms with Crippen LogP contribution in [0.25, 0.3) is 0 Å². The van der Waals surface area contributed by atoms with Gasteiger partial charge in [-0.3, -0.25) is 0 Å². The first kappa shape index (κ1) is 21.8. The molecule has 30 heavy (non-hydrogen) atoms. The van der Waals surface area contributed by atoms with E-state index in [0.29, 0.717) is 15.1 Å². The predicted molar refractivity (Wildman–Crippen MR) is 117 cm³/mol. The van der Waals surface area contributed by atoms with Crippen LogP contribution in [-0.2, 0) is 15.6 Å². The van der Waals surface area contributed by atoms with Crippen molar-refractivity contribution in [2.45, 2.75) is 16.6 Å². The van der Waals surface area contributed by atoms with Gasteiger partial charge in [-0.2, -0.15) is 0 Å². The summed E-state index contributed by atoms with van der Waals surface area (Å²) in [5, 5.41) is 3.96. The fourth-order valence-electron chi connectivity index (χ4n) is 2.98. The molecule has 0 aliphatic carbocycles. The average molecular weight is 508 g/mol. The molecule has 5 nitrogen and oxygen atoms in total. The Morgan fingerprint density at radius 2 is 1.93 bits per heavy atom. The molecule has 0 unspecified atom stereocenters. The highest BCUT2D eigenvalue weighted by Crippen LogP contribution is 2.39. The molecule has 1 aliphatic heterocycles. The predicted octanol–water partition coefficient (Wildman–Crippen LogP) is 5.70. The molecule has 0 spiro atoms. The second kappa shape index (κ2) is 8.61. The van der Waals surface area contributed by atoms with Crippen molar-refractivity contribution in [2.75, 3.05) is 13.1 Å². The van der Waals surface area contributed by atoms with Crippen LogP contribution in [0.5, 0.6) is 11.5 Å². The van der Waals surface area contributed by atoms with E-state index < -0.39 is 26.3 Å². The fraction of sp³-hybridized carbons (Fsp3) is 0.211. The maximum absolute atomic E-state index is 14.7. The van der Waals surface area contributed by atoms with Gasteiger partial charge in [-0.25, -0.2) is 17.8 Å². The summed E-state index contributed by atoms with van der Waals surface area (Å²) in [7, 11) is -4.02.